The Morgan fingerprint density at radius 2 is 2.24 bits per heavy atom. The highest BCUT2D eigenvalue weighted by molar-refractivity contribution is 7.99. The summed E-state index contributed by atoms with van der Waals surface area (Å²) in [5.41, 5.74) is 1.02. The van der Waals surface area contributed by atoms with Gasteiger partial charge in [-0.1, -0.05) is 25.6 Å². The molecule has 1 unspecified atom stereocenters. The normalized spacial score (nSPS) is 18.6. The third-order valence-corrected chi connectivity index (χ3v) is 6.95. The summed E-state index contributed by atoms with van der Waals surface area (Å²) in [6.45, 7) is 5.40. The van der Waals surface area contributed by atoms with Gasteiger partial charge < -0.3 is 9.32 Å². The molecule has 0 spiro atoms. The molecule has 0 aliphatic carbocycles. The number of fused-ring (bicyclic) bond motifs is 1. The smallest absolute Gasteiger partial charge is 0.257 e. The van der Waals surface area contributed by atoms with Crippen molar-refractivity contribution in [3.63, 3.8) is 0 Å². The van der Waals surface area contributed by atoms with Crippen molar-refractivity contribution in [3.05, 3.63) is 18.2 Å². The molecule has 1 amide bonds. The fourth-order valence-corrected chi connectivity index (χ4v) is 4.58. The summed E-state index contributed by atoms with van der Waals surface area (Å²) < 4.78 is 29.5. The Bertz CT molecular complexity index is 876. The highest BCUT2D eigenvalue weighted by Gasteiger charge is 2.22. The molecule has 3 rings (SSSR count). The van der Waals surface area contributed by atoms with Crippen molar-refractivity contribution in [1.29, 1.82) is 0 Å². The number of thioether (sulfide) groups is 1. The van der Waals surface area contributed by atoms with Crippen molar-refractivity contribution in [1.82, 2.24) is 9.88 Å². The number of oxazole rings is 1. The average molecular weight is 383 g/mol. The van der Waals surface area contributed by atoms with Crippen LogP contribution in [0.2, 0.25) is 0 Å². The van der Waals surface area contributed by atoms with Crippen LogP contribution in [0.15, 0.2) is 32.7 Å². The van der Waals surface area contributed by atoms with Gasteiger partial charge in [0.2, 0.25) is 5.91 Å². The van der Waals surface area contributed by atoms with Gasteiger partial charge in [-0.05, 0) is 37.0 Å². The summed E-state index contributed by atoms with van der Waals surface area (Å²) in [6.07, 6.45) is 2.22. The van der Waals surface area contributed by atoms with Crippen LogP contribution < -0.4 is 0 Å². The standard InChI is InChI=1S/C17H22N2O4S2/c1-3-25(21,22)13-6-7-15-14(9-13)18-17(23-15)24-11-16(20)19-8-4-5-12(2)10-19/h6-7,9,12H,3-5,8,10-11H2,1-2H3. The van der Waals surface area contributed by atoms with Crippen LogP contribution in [-0.2, 0) is 14.6 Å². The highest BCUT2D eigenvalue weighted by Crippen LogP contribution is 2.26. The largest absolute Gasteiger partial charge is 0.431 e. The molecule has 1 aromatic carbocycles. The highest BCUT2D eigenvalue weighted by atomic mass is 32.2. The summed E-state index contributed by atoms with van der Waals surface area (Å²) in [4.78, 5) is 18.8. The predicted octanol–water partition coefficient (Wildman–Crippen LogP) is 2.97. The SMILES string of the molecule is CCS(=O)(=O)c1ccc2oc(SCC(=O)N3CCCC(C)C3)nc2c1. The first-order valence-electron chi connectivity index (χ1n) is 8.43. The van der Waals surface area contributed by atoms with Crippen LogP contribution in [0.25, 0.3) is 11.1 Å². The molecule has 2 heterocycles. The lowest BCUT2D eigenvalue weighted by Crippen LogP contribution is -2.40. The van der Waals surface area contributed by atoms with E-state index in [1.807, 2.05) is 4.90 Å². The van der Waals surface area contributed by atoms with Gasteiger partial charge in [0, 0.05) is 13.1 Å². The molecule has 0 N–H and O–H groups in total. The Labute approximate surface area is 151 Å². The van der Waals surface area contributed by atoms with E-state index in [0.29, 0.717) is 22.2 Å². The molecule has 0 bridgehead atoms. The van der Waals surface area contributed by atoms with Crippen molar-refractivity contribution in [2.45, 2.75) is 36.8 Å². The van der Waals surface area contributed by atoms with Crippen LogP contribution in [0, 0.1) is 5.92 Å². The topological polar surface area (TPSA) is 80.5 Å². The summed E-state index contributed by atoms with van der Waals surface area (Å²) in [6, 6.07) is 4.67. The van der Waals surface area contributed by atoms with Crippen LogP contribution in [0.3, 0.4) is 0 Å². The minimum atomic E-state index is -3.28. The van der Waals surface area contributed by atoms with E-state index < -0.39 is 9.84 Å². The first-order valence-corrected chi connectivity index (χ1v) is 11.1. The maximum Gasteiger partial charge on any atom is 0.257 e. The van der Waals surface area contributed by atoms with Gasteiger partial charge in [-0.3, -0.25) is 4.79 Å². The molecule has 0 saturated carbocycles. The minimum absolute atomic E-state index is 0.0424. The summed E-state index contributed by atoms with van der Waals surface area (Å²) in [7, 11) is -3.28. The van der Waals surface area contributed by atoms with Gasteiger partial charge >= 0.3 is 0 Å². The number of benzene rings is 1. The number of nitrogens with zero attached hydrogens (tertiary/aromatic N) is 2. The zero-order chi connectivity index (χ0) is 18.0. The number of hydrogen-bond acceptors (Lipinski definition) is 6. The maximum atomic E-state index is 12.3. The molecule has 25 heavy (non-hydrogen) atoms. The summed E-state index contributed by atoms with van der Waals surface area (Å²) >= 11 is 1.25. The van der Waals surface area contributed by atoms with Gasteiger partial charge in [-0.2, -0.15) is 0 Å². The first-order chi connectivity index (χ1) is 11.9. The number of rotatable bonds is 5. The maximum absolute atomic E-state index is 12.3. The van der Waals surface area contributed by atoms with Gasteiger partial charge in [0.1, 0.15) is 5.52 Å². The quantitative estimate of drug-likeness (QED) is 0.740. The fourth-order valence-electron chi connectivity index (χ4n) is 2.94. The molecular weight excluding hydrogens is 360 g/mol. The second-order valence-corrected chi connectivity index (χ2v) is 9.59. The molecule has 1 atom stereocenters. The number of piperidine rings is 1. The van der Waals surface area contributed by atoms with Crippen molar-refractivity contribution in [2.24, 2.45) is 5.92 Å². The number of hydrogen-bond donors (Lipinski definition) is 0. The molecular formula is C17H22N2O4S2. The lowest BCUT2D eigenvalue weighted by Gasteiger charge is -2.30. The summed E-state index contributed by atoms with van der Waals surface area (Å²) in [5, 5.41) is 0.388. The Morgan fingerprint density at radius 3 is 2.96 bits per heavy atom. The number of amides is 1. The lowest BCUT2D eigenvalue weighted by atomic mass is 10.0. The molecule has 1 aromatic heterocycles. The minimum Gasteiger partial charge on any atom is -0.431 e. The predicted molar refractivity (Wildman–Crippen MR) is 97.4 cm³/mol. The molecule has 1 fully saturated rings. The number of sulfone groups is 1. The van der Waals surface area contributed by atoms with Gasteiger partial charge in [0.15, 0.2) is 15.4 Å². The molecule has 136 valence electrons. The second kappa shape index (κ2) is 7.37. The van der Waals surface area contributed by atoms with Crippen LogP contribution in [0.4, 0.5) is 0 Å². The van der Waals surface area contributed by atoms with Gasteiger partial charge in [0.25, 0.3) is 5.22 Å². The molecule has 2 aromatic rings. The molecule has 6 nitrogen and oxygen atoms in total. The number of likely N-dealkylation sites (tertiary alicyclic amines) is 1. The number of carbonyl (C=O) groups is 1. The second-order valence-electron chi connectivity index (χ2n) is 6.39. The van der Waals surface area contributed by atoms with E-state index in [1.54, 1.807) is 13.0 Å². The summed E-state index contributed by atoms with van der Waals surface area (Å²) in [5.74, 6) is 0.958. The molecule has 0 radical (unpaired) electrons. The zero-order valence-electron chi connectivity index (χ0n) is 14.4. The average Bonchev–Trinajstić information content (AvgIpc) is 3.01. The van der Waals surface area contributed by atoms with Gasteiger partial charge in [-0.25, -0.2) is 13.4 Å². The van der Waals surface area contributed by atoms with E-state index in [-0.39, 0.29) is 22.3 Å². The Balaban J connectivity index is 1.69. The van der Waals surface area contributed by atoms with E-state index in [2.05, 4.69) is 11.9 Å². The van der Waals surface area contributed by atoms with Crippen molar-refractivity contribution >= 4 is 38.6 Å². The van der Waals surface area contributed by atoms with Crippen molar-refractivity contribution in [3.8, 4) is 0 Å². The van der Waals surface area contributed by atoms with Crippen LogP contribution in [0.5, 0.6) is 0 Å². The molecule has 1 saturated heterocycles. The lowest BCUT2D eigenvalue weighted by molar-refractivity contribution is -0.130. The van der Waals surface area contributed by atoms with Crippen LogP contribution in [0.1, 0.15) is 26.7 Å². The van der Waals surface area contributed by atoms with Crippen molar-refractivity contribution < 1.29 is 17.6 Å². The first kappa shape index (κ1) is 18.3. The Kier molecular flexibility index (Phi) is 5.38. The van der Waals surface area contributed by atoms with E-state index in [0.717, 1.165) is 19.5 Å². The van der Waals surface area contributed by atoms with Gasteiger partial charge in [0.05, 0.1) is 16.4 Å². The fraction of sp³-hybridized carbons (Fsp3) is 0.529. The van der Waals surface area contributed by atoms with Crippen molar-refractivity contribution in [2.75, 3.05) is 24.6 Å². The molecule has 1 aliphatic rings. The van der Waals surface area contributed by atoms with E-state index in [4.69, 9.17) is 4.42 Å². The van der Waals surface area contributed by atoms with E-state index >= 15 is 0 Å². The Morgan fingerprint density at radius 1 is 1.44 bits per heavy atom. The van der Waals surface area contributed by atoms with Gasteiger partial charge in [-0.15, -0.1) is 0 Å². The monoisotopic (exact) mass is 382 g/mol. The zero-order valence-corrected chi connectivity index (χ0v) is 16.0. The molecule has 1 aliphatic heterocycles. The number of carbonyl (C=O) groups excluding carboxylic acids is 1. The van der Waals surface area contributed by atoms with Crippen LogP contribution >= 0.6 is 11.8 Å². The third kappa shape index (κ3) is 4.17. The van der Waals surface area contributed by atoms with E-state index in [1.165, 1.54) is 30.3 Å². The number of aromatic nitrogens is 1. The molecule has 8 heteroatoms. The Hall–Kier alpha value is -1.54. The third-order valence-electron chi connectivity index (χ3n) is 4.41. The van der Waals surface area contributed by atoms with Crippen LogP contribution in [-0.4, -0.2) is 48.8 Å². The van der Waals surface area contributed by atoms with E-state index in [9.17, 15) is 13.2 Å².